The minimum absolute atomic E-state index is 0.0281. The Bertz CT molecular complexity index is 863. The lowest BCUT2D eigenvalue weighted by atomic mass is 9.75. The largest absolute Gasteiger partial charge is 0.491 e. The van der Waals surface area contributed by atoms with Crippen molar-refractivity contribution in [3.8, 4) is 5.75 Å². The molecule has 148 valence electrons. The number of ether oxygens (including phenoxy) is 2. The number of dihydropyridines is 1. The van der Waals surface area contributed by atoms with E-state index in [1.807, 2.05) is 45.0 Å². The summed E-state index contributed by atoms with van der Waals surface area (Å²) >= 11 is 0. The number of ketones is 1. The summed E-state index contributed by atoms with van der Waals surface area (Å²) in [7, 11) is 0. The van der Waals surface area contributed by atoms with E-state index < -0.39 is 11.9 Å². The number of carbonyl (C=O) groups excluding carboxylic acids is 2. The van der Waals surface area contributed by atoms with E-state index in [-0.39, 0.29) is 18.5 Å². The van der Waals surface area contributed by atoms with E-state index in [0.717, 1.165) is 24.1 Å². The summed E-state index contributed by atoms with van der Waals surface area (Å²) in [6.45, 7) is 9.49. The average Bonchev–Trinajstić information content (AvgIpc) is 2.65. The molecule has 1 aromatic carbocycles. The highest BCUT2D eigenvalue weighted by molar-refractivity contribution is 6.04. The highest BCUT2D eigenvalue weighted by Crippen LogP contribution is 2.45. The number of rotatable bonds is 6. The number of hydrogen-bond acceptors (Lipinski definition) is 5. The molecule has 0 unspecified atom stereocenters. The van der Waals surface area contributed by atoms with Crippen molar-refractivity contribution in [3.63, 3.8) is 0 Å². The fourth-order valence-electron chi connectivity index (χ4n) is 3.86. The van der Waals surface area contributed by atoms with Crippen molar-refractivity contribution in [1.82, 2.24) is 5.32 Å². The predicted octanol–water partition coefficient (Wildman–Crippen LogP) is 4.17. The quantitative estimate of drug-likeness (QED) is 0.592. The lowest BCUT2D eigenvalue weighted by Crippen LogP contribution is -2.34. The fourth-order valence-corrected chi connectivity index (χ4v) is 3.86. The van der Waals surface area contributed by atoms with Crippen molar-refractivity contribution in [1.29, 1.82) is 0 Å². The maximum absolute atomic E-state index is 12.9. The Hall–Kier alpha value is -2.82. The number of Topliss-reactive ketones (excluding diaryl/α,β-unsaturated/α-hetero) is 1. The van der Waals surface area contributed by atoms with Crippen LogP contribution in [-0.2, 0) is 14.3 Å². The minimum Gasteiger partial charge on any atom is -0.491 e. The molecule has 1 aliphatic heterocycles. The molecule has 5 heteroatoms. The molecule has 0 fully saturated rings. The van der Waals surface area contributed by atoms with E-state index in [1.165, 1.54) is 6.08 Å². The molecule has 0 bridgehead atoms. The van der Waals surface area contributed by atoms with E-state index in [9.17, 15) is 9.59 Å². The highest BCUT2D eigenvalue weighted by Gasteiger charge is 2.40. The Morgan fingerprint density at radius 2 is 2.07 bits per heavy atom. The summed E-state index contributed by atoms with van der Waals surface area (Å²) in [5, 5.41) is 3.29. The number of esters is 1. The van der Waals surface area contributed by atoms with Gasteiger partial charge in [0, 0.05) is 29.0 Å². The first kappa shape index (κ1) is 19.9. The molecule has 0 aromatic heterocycles. The zero-order valence-corrected chi connectivity index (χ0v) is 16.7. The van der Waals surface area contributed by atoms with Gasteiger partial charge in [0.2, 0.25) is 0 Å². The summed E-state index contributed by atoms with van der Waals surface area (Å²) in [6.07, 6.45) is 3.59. The number of benzene rings is 1. The number of hydrogen-bond donors (Lipinski definition) is 1. The Morgan fingerprint density at radius 3 is 2.79 bits per heavy atom. The number of nitrogens with one attached hydrogen (secondary N) is 1. The molecule has 1 N–H and O–H groups in total. The van der Waals surface area contributed by atoms with Gasteiger partial charge in [0.25, 0.3) is 0 Å². The molecular weight excluding hydrogens is 354 g/mol. The van der Waals surface area contributed by atoms with Crippen LogP contribution in [0.3, 0.4) is 0 Å². The first-order valence-corrected chi connectivity index (χ1v) is 9.71. The Kier molecular flexibility index (Phi) is 6.02. The smallest absolute Gasteiger partial charge is 0.337 e. The average molecular weight is 381 g/mol. The zero-order valence-electron chi connectivity index (χ0n) is 16.7. The summed E-state index contributed by atoms with van der Waals surface area (Å²) in [5.41, 5.74) is 3.54. The van der Waals surface area contributed by atoms with Gasteiger partial charge in [-0.15, -0.1) is 0 Å². The van der Waals surface area contributed by atoms with E-state index in [0.29, 0.717) is 29.0 Å². The maximum Gasteiger partial charge on any atom is 0.337 e. The third-order valence-corrected chi connectivity index (χ3v) is 4.92. The van der Waals surface area contributed by atoms with Crippen LogP contribution in [0.15, 0.2) is 59.5 Å². The van der Waals surface area contributed by atoms with Crippen LogP contribution in [0.5, 0.6) is 5.75 Å². The molecule has 2 aliphatic rings. The Labute approximate surface area is 166 Å². The monoisotopic (exact) mass is 381 g/mol. The van der Waals surface area contributed by atoms with Gasteiger partial charge in [-0.05, 0) is 39.7 Å². The van der Waals surface area contributed by atoms with Crippen LogP contribution in [-0.4, -0.2) is 24.5 Å². The molecule has 0 radical (unpaired) electrons. The SMILES string of the molecule is C=CCOC(=O)C1=C(C)NC2=C(C(=O)CCC2)[C@H]1c1ccccc1OC(C)C. The molecule has 0 saturated carbocycles. The normalized spacial score (nSPS) is 19.3. The Balaban J connectivity index is 2.17. The van der Waals surface area contributed by atoms with Crippen LogP contribution < -0.4 is 10.1 Å². The number of para-hydroxylation sites is 1. The first-order chi connectivity index (χ1) is 13.4. The molecule has 0 saturated heterocycles. The van der Waals surface area contributed by atoms with Gasteiger partial charge in [-0.2, -0.15) is 0 Å². The number of allylic oxidation sites excluding steroid dienone is 3. The van der Waals surface area contributed by atoms with Crippen LogP contribution in [0.4, 0.5) is 0 Å². The predicted molar refractivity (Wildman–Crippen MR) is 108 cm³/mol. The lowest BCUT2D eigenvalue weighted by molar-refractivity contribution is -0.138. The second kappa shape index (κ2) is 8.46. The van der Waals surface area contributed by atoms with Crippen molar-refractivity contribution in [2.75, 3.05) is 6.61 Å². The molecule has 1 heterocycles. The van der Waals surface area contributed by atoms with Crippen molar-refractivity contribution in [2.45, 2.75) is 52.1 Å². The zero-order chi connectivity index (χ0) is 20.3. The van der Waals surface area contributed by atoms with Crippen molar-refractivity contribution in [3.05, 3.63) is 65.0 Å². The van der Waals surface area contributed by atoms with Gasteiger partial charge in [0.05, 0.1) is 17.6 Å². The third kappa shape index (κ3) is 3.88. The van der Waals surface area contributed by atoms with E-state index in [2.05, 4.69) is 11.9 Å². The van der Waals surface area contributed by atoms with Gasteiger partial charge in [-0.1, -0.05) is 30.9 Å². The van der Waals surface area contributed by atoms with Gasteiger partial charge in [-0.3, -0.25) is 4.79 Å². The fraction of sp³-hybridized carbons (Fsp3) is 0.391. The van der Waals surface area contributed by atoms with Crippen molar-refractivity contribution < 1.29 is 19.1 Å². The lowest BCUT2D eigenvalue weighted by Gasteiger charge is -2.34. The van der Waals surface area contributed by atoms with E-state index in [1.54, 1.807) is 0 Å². The molecule has 5 nitrogen and oxygen atoms in total. The molecular formula is C23H27NO4. The molecule has 0 spiro atoms. The van der Waals surface area contributed by atoms with Gasteiger partial charge in [0.1, 0.15) is 12.4 Å². The van der Waals surface area contributed by atoms with Crippen molar-refractivity contribution >= 4 is 11.8 Å². The highest BCUT2D eigenvalue weighted by atomic mass is 16.5. The summed E-state index contributed by atoms with van der Waals surface area (Å²) in [5.74, 6) is -0.202. The van der Waals surface area contributed by atoms with Gasteiger partial charge >= 0.3 is 5.97 Å². The van der Waals surface area contributed by atoms with Crippen LogP contribution in [0, 0.1) is 0 Å². The van der Waals surface area contributed by atoms with Crippen molar-refractivity contribution in [2.24, 2.45) is 0 Å². The maximum atomic E-state index is 12.9. The second-order valence-electron chi connectivity index (χ2n) is 7.36. The molecule has 1 aliphatic carbocycles. The van der Waals surface area contributed by atoms with Crippen LogP contribution in [0.1, 0.15) is 51.5 Å². The topological polar surface area (TPSA) is 64.6 Å². The molecule has 3 rings (SSSR count). The molecule has 1 atom stereocenters. The minimum atomic E-state index is -0.503. The summed E-state index contributed by atoms with van der Waals surface area (Å²) in [6, 6.07) is 7.61. The third-order valence-electron chi connectivity index (χ3n) is 4.92. The summed E-state index contributed by atoms with van der Waals surface area (Å²) < 4.78 is 11.4. The van der Waals surface area contributed by atoms with Crippen LogP contribution in [0.25, 0.3) is 0 Å². The first-order valence-electron chi connectivity index (χ1n) is 9.71. The van der Waals surface area contributed by atoms with Gasteiger partial charge in [-0.25, -0.2) is 4.79 Å². The standard InChI is InChI=1S/C23H27NO4/c1-5-13-27-23(26)20-15(4)24-17-10-8-11-18(25)22(17)21(20)16-9-6-7-12-19(16)28-14(2)3/h5-7,9,12,14,21,24H,1,8,10-11,13H2,2-4H3/t21-/m0/s1. The van der Waals surface area contributed by atoms with E-state index in [4.69, 9.17) is 9.47 Å². The van der Waals surface area contributed by atoms with E-state index >= 15 is 0 Å². The van der Waals surface area contributed by atoms with Crippen LogP contribution in [0.2, 0.25) is 0 Å². The molecule has 28 heavy (non-hydrogen) atoms. The Morgan fingerprint density at radius 1 is 1.32 bits per heavy atom. The molecule has 1 aromatic rings. The summed E-state index contributed by atoms with van der Waals surface area (Å²) in [4.78, 5) is 25.8. The second-order valence-corrected chi connectivity index (χ2v) is 7.36. The number of carbonyl (C=O) groups is 2. The van der Waals surface area contributed by atoms with Gasteiger partial charge in [0.15, 0.2) is 5.78 Å². The van der Waals surface area contributed by atoms with Crippen LogP contribution >= 0.6 is 0 Å². The molecule has 0 amide bonds. The van der Waals surface area contributed by atoms with Gasteiger partial charge < -0.3 is 14.8 Å².